The molecule has 2 aromatic carbocycles. The Morgan fingerprint density at radius 1 is 1.00 bits per heavy atom. The summed E-state index contributed by atoms with van der Waals surface area (Å²) < 4.78 is 52.0. The number of amides is 3. The Kier molecular flexibility index (Phi) is 7.57. The third-order valence-electron chi connectivity index (χ3n) is 4.91. The summed E-state index contributed by atoms with van der Waals surface area (Å²) in [5.74, 6) is -1.65. The van der Waals surface area contributed by atoms with Gasteiger partial charge in [0, 0.05) is 31.9 Å². The maximum absolute atomic E-state index is 13.4. The summed E-state index contributed by atoms with van der Waals surface area (Å²) in [6, 6.07) is 8.58. The number of hydrogen-bond donors (Lipinski definition) is 2. The number of anilines is 2. The summed E-state index contributed by atoms with van der Waals surface area (Å²) >= 11 is 6.04. The molecule has 1 saturated heterocycles. The van der Waals surface area contributed by atoms with Gasteiger partial charge in [0.25, 0.3) is 0 Å². The monoisotopic (exact) mass is 472 g/mol. The van der Waals surface area contributed by atoms with Crippen molar-refractivity contribution < 1.29 is 27.2 Å². The average molecular weight is 473 g/mol. The standard InChI is InChI=1S/C21H21ClF4N4O2/c22-16-4-1-2-5-18(16)28-19(31)13-29-8-3-9-30(11-10-29)20(32)27-14-6-7-17(23)15(12-14)21(24,25)26/h1-2,4-7,12H,3,8-11,13H2,(H,27,32)(H,28,31). The highest BCUT2D eigenvalue weighted by Crippen LogP contribution is 2.33. The first-order valence-electron chi connectivity index (χ1n) is 9.83. The molecule has 32 heavy (non-hydrogen) atoms. The molecule has 0 unspecified atom stereocenters. The third-order valence-corrected chi connectivity index (χ3v) is 5.24. The van der Waals surface area contributed by atoms with E-state index in [4.69, 9.17) is 11.6 Å². The van der Waals surface area contributed by atoms with Crippen LogP contribution in [0.15, 0.2) is 42.5 Å². The number of urea groups is 1. The molecule has 1 fully saturated rings. The molecule has 1 heterocycles. The van der Waals surface area contributed by atoms with Crippen molar-refractivity contribution in [2.45, 2.75) is 12.6 Å². The molecule has 6 nitrogen and oxygen atoms in total. The largest absolute Gasteiger partial charge is 0.419 e. The SMILES string of the molecule is O=C(CN1CCCN(C(=O)Nc2ccc(F)c(C(F)(F)F)c2)CC1)Nc1ccccc1Cl. The zero-order valence-corrected chi connectivity index (χ0v) is 17.6. The van der Waals surface area contributed by atoms with Crippen molar-refractivity contribution in [3.05, 3.63) is 58.9 Å². The van der Waals surface area contributed by atoms with E-state index in [1.54, 1.807) is 24.3 Å². The smallest absolute Gasteiger partial charge is 0.324 e. The van der Waals surface area contributed by atoms with E-state index in [2.05, 4.69) is 10.6 Å². The minimum Gasteiger partial charge on any atom is -0.324 e. The lowest BCUT2D eigenvalue weighted by molar-refractivity contribution is -0.140. The summed E-state index contributed by atoms with van der Waals surface area (Å²) in [6.07, 6.45) is -4.29. The van der Waals surface area contributed by atoms with E-state index in [0.29, 0.717) is 48.9 Å². The summed E-state index contributed by atoms with van der Waals surface area (Å²) in [6.45, 7) is 1.71. The molecule has 2 N–H and O–H groups in total. The van der Waals surface area contributed by atoms with E-state index in [0.717, 1.165) is 6.07 Å². The first-order valence-corrected chi connectivity index (χ1v) is 10.2. The van der Waals surface area contributed by atoms with E-state index >= 15 is 0 Å². The quantitative estimate of drug-likeness (QED) is 0.635. The Hall–Kier alpha value is -2.85. The number of para-hydroxylation sites is 1. The predicted octanol–water partition coefficient (Wildman–Crippen LogP) is 4.68. The maximum Gasteiger partial charge on any atom is 0.419 e. The molecule has 0 atom stereocenters. The second-order valence-corrected chi connectivity index (χ2v) is 7.67. The molecule has 11 heteroatoms. The van der Waals surface area contributed by atoms with Crippen molar-refractivity contribution in [3.8, 4) is 0 Å². The number of nitrogens with one attached hydrogen (secondary N) is 2. The molecule has 2 aromatic rings. The molecule has 1 aliphatic heterocycles. The van der Waals surface area contributed by atoms with Gasteiger partial charge in [-0.25, -0.2) is 9.18 Å². The molecule has 1 aliphatic rings. The lowest BCUT2D eigenvalue weighted by atomic mass is 10.2. The Balaban J connectivity index is 1.54. The van der Waals surface area contributed by atoms with Gasteiger partial charge in [-0.1, -0.05) is 23.7 Å². The van der Waals surface area contributed by atoms with E-state index in [1.165, 1.54) is 4.90 Å². The highest BCUT2D eigenvalue weighted by atomic mass is 35.5. The molecule has 0 bridgehead atoms. The predicted molar refractivity (Wildman–Crippen MR) is 113 cm³/mol. The molecular formula is C21H21ClF4N4O2. The fourth-order valence-corrected chi connectivity index (χ4v) is 3.49. The number of benzene rings is 2. The van der Waals surface area contributed by atoms with Gasteiger partial charge < -0.3 is 15.5 Å². The van der Waals surface area contributed by atoms with E-state index in [1.807, 2.05) is 4.90 Å². The lowest BCUT2D eigenvalue weighted by Gasteiger charge is -2.22. The van der Waals surface area contributed by atoms with Gasteiger partial charge in [0.2, 0.25) is 5.91 Å². The second kappa shape index (κ2) is 10.2. The molecule has 172 valence electrons. The molecule has 0 radical (unpaired) electrons. The third kappa shape index (κ3) is 6.33. The summed E-state index contributed by atoms with van der Waals surface area (Å²) in [5, 5.41) is 5.55. The van der Waals surface area contributed by atoms with Crippen LogP contribution in [0.1, 0.15) is 12.0 Å². The molecule has 0 spiro atoms. The number of hydrogen-bond acceptors (Lipinski definition) is 3. The first-order chi connectivity index (χ1) is 15.1. The van der Waals surface area contributed by atoms with E-state index in [-0.39, 0.29) is 24.7 Å². The van der Waals surface area contributed by atoms with Crippen LogP contribution in [0.4, 0.5) is 33.7 Å². The van der Waals surface area contributed by atoms with Crippen LogP contribution in [0, 0.1) is 5.82 Å². The van der Waals surface area contributed by atoms with Crippen LogP contribution in [0.3, 0.4) is 0 Å². The maximum atomic E-state index is 13.4. The van der Waals surface area contributed by atoms with Gasteiger partial charge in [0.1, 0.15) is 5.82 Å². The molecule has 3 rings (SSSR count). The summed E-state index contributed by atoms with van der Waals surface area (Å²) in [7, 11) is 0. The van der Waals surface area contributed by atoms with Crippen LogP contribution in [-0.2, 0) is 11.0 Å². The highest BCUT2D eigenvalue weighted by Gasteiger charge is 2.34. The van der Waals surface area contributed by atoms with Gasteiger partial charge in [-0.15, -0.1) is 0 Å². The summed E-state index contributed by atoms with van der Waals surface area (Å²) in [4.78, 5) is 28.1. The molecule has 0 saturated carbocycles. The van der Waals surface area contributed by atoms with Crippen LogP contribution in [0.25, 0.3) is 0 Å². The first kappa shape index (κ1) is 23.8. The number of nitrogens with zero attached hydrogens (tertiary/aromatic N) is 2. The number of carbonyl (C=O) groups is 2. The van der Waals surface area contributed by atoms with Crippen LogP contribution in [-0.4, -0.2) is 54.5 Å². The highest BCUT2D eigenvalue weighted by molar-refractivity contribution is 6.33. The Morgan fingerprint density at radius 3 is 2.47 bits per heavy atom. The number of halogens is 5. The Bertz CT molecular complexity index is 987. The fourth-order valence-electron chi connectivity index (χ4n) is 3.31. The summed E-state index contributed by atoms with van der Waals surface area (Å²) in [5.41, 5.74) is -1.08. The van der Waals surface area contributed by atoms with Crippen molar-refractivity contribution in [2.75, 3.05) is 43.4 Å². The van der Waals surface area contributed by atoms with E-state index < -0.39 is 23.6 Å². The van der Waals surface area contributed by atoms with Crippen LogP contribution in [0.2, 0.25) is 5.02 Å². The van der Waals surface area contributed by atoms with Gasteiger partial charge in [0.05, 0.1) is 22.8 Å². The zero-order chi connectivity index (χ0) is 23.3. The van der Waals surface area contributed by atoms with Gasteiger partial charge >= 0.3 is 12.2 Å². The van der Waals surface area contributed by atoms with Crippen molar-refractivity contribution in [3.63, 3.8) is 0 Å². The number of rotatable bonds is 4. The van der Waals surface area contributed by atoms with Gasteiger partial charge in [-0.05, 0) is 36.8 Å². The fraction of sp³-hybridized carbons (Fsp3) is 0.333. The van der Waals surface area contributed by atoms with Gasteiger partial charge in [0.15, 0.2) is 0 Å². The van der Waals surface area contributed by atoms with Crippen molar-refractivity contribution in [1.82, 2.24) is 9.80 Å². The average Bonchev–Trinajstić information content (AvgIpc) is 2.96. The van der Waals surface area contributed by atoms with Crippen molar-refractivity contribution in [1.29, 1.82) is 0 Å². The number of alkyl halides is 3. The number of carbonyl (C=O) groups excluding carboxylic acids is 2. The van der Waals surface area contributed by atoms with Gasteiger partial charge in [-0.2, -0.15) is 13.2 Å². The van der Waals surface area contributed by atoms with Crippen LogP contribution >= 0.6 is 11.6 Å². The molecular weight excluding hydrogens is 452 g/mol. The zero-order valence-electron chi connectivity index (χ0n) is 16.9. The minimum absolute atomic E-state index is 0.105. The molecule has 0 aliphatic carbocycles. The van der Waals surface area contributed by atoms with Crippen molar-refractivity contribution >= 4 is 34.9 Å². The Morgan fingerprint density at radius 2 is 1.75 bits per heavy atom. The normalized spacial score (nSPS) is 15.2. The molecule has 3 amide bonds. The second-order valence-electron chi connectivity index (χ2n) is 7.27. The van der Waals surface area contributed by atoms with Crippen LogP contribution < -0.4 is 10.6 Å². The van der Waals surface area contributed by atoms with Gasteiger partial charge in [-0.3, -0.25) is 9.69 Å². The molecule has 0 aromatic heterocycles. The topological polar surface area (TPSA) is 64.7 Å². The van der Waals surface area contributed by atoms with Crippen molar-refractivity contribution in [2.24, 2.45) is 0 Å². The van der Waals surface area contributed by atoms with Crippen LogP contribution in [0.5, 0.6) is 0 Å². The van der Waals surface area contributed by atoms with E-state index in [9.17, 15) is 27.2 Å². The Labute approximate surface area is 187 Å². The minimum atomic E-state index is -4.86. The lowest BCUT2D eigenvalue weighted by Crippen LogP contribution is -2.39.